The molecular formula is C22H22N4O2S. The van der Waals surface area contributed by atoms with Crippen LogP contribution in [0, 0.1) is 25.2 Å². The first-order chi connectivity index (χ1) is 14.0. The molecule has 0 aliphatic rings. The van der Waals surface area contributed by atoms with E-state index in [0.29, 0.717) is 33.7 Å². The van der Waals surface area contributed by atoms with Gasteiger partial charge in [0.2, 0.25) is 0 Å². The number of nitrogens with zero attached hydrogens (tertiary/aromatic N) is 3. The van der Waals surface area contributed by atoms with Gasteiger partial charge < -0.3 is 14.8 Å². The van der Waals surface area contributed by atoms with Crippen molar-refractivity contribution >= 4 is 23.3 Å². The Balaban J connectivity index is 2.17. The van der Waals surface area contributed by atoms with Crippen molar-refractivity contribution in [3.05, 3.63) is 53.1 Å². The molecule has 0 saturated carbocycles. The van der Waals surface area contributed by atoms with Crippen LogP contribution in [0.5, 0.6) is 11.5 Å². The molecule has 0 radical (unpaired) electrons. The third-order valence-corrected chi connectivity index (χ3v) is 5.03. The van der Waals surface area contributed by atoms with Gasteiger partial charge in [0.05, 0.1) is 19.9 Å². The van der Waals surface area contributed by atoms with Gasteiger partial charge in [-0.2, -0.15) is 5.26 Å². The Bertz CT molecular complexity index is 1090. The van der Waals surface area contributed by atoms with Crippen molar-refractivity contribution in [1.82, 2.24) is 9.97 Å². The monoisotopic (exact) mass is 406 g/mol. The number of ether oxygens (including phenoxy) is 2. The van der Waals surface area contributed by atoms with Gasteiger partial charge in [0.25, 0.3) is 0 Å². The number of aromatic nitrogens is 2. The fourth-order valence-corrected chi connectivity index (χ4v) is 3.28. The molecule has 0 atom stereocenters. The molecule has 7 heteroatoms. The van der Waals surface area contributed by atoms with E-state index in [1.54, 1.807) is 20.3 Å². The minimum absolute atomic E-state index is 0.371. The lowest BCUT2D eigenvalue weighted by Gasteiger charge is -2.15. The van der Waals surface area contributed by atoms with Crippen LogP contribution in [0.4, 0.5) is 11.5 Å². The van der Waals surface area contributed by atoms with E-state index in [0.717, 1.165) is 22.4 Å². The van der Waals surface area contributed by atoms with Crippen molar-refractivity contribution in [3.63, 3.8) is 0 Å². The highest BCUT2D eigenvalue weighted by atomic mass is 32.2. The normalized spacial score (nSPS) is 10.3. The molecule has 6 nitrogen and oxygen atoms in total. The molecule has 0 aliphatic carbocycles. The van der Waals surface area contributed by atoms with Crippen LogP contribution in [-0.4, -0.2) is 30.4 Å². The summed E-state index contributed by atoms with van der Waals surface area (Å²) in [6.45, 7) is 4.04. The quantitative estimate of drug-likeness (QED) is 0.450. The molecule has 0 spiro atoms. The zero-order chi connectivity index (χ0) is 21.0. The average Bonchev–Trinajstić information content (AvgIpc) is 2.75. The zero-order valence-corrected chi connectivity index (χ0v) is 17.8. The molecule has 3 rings (SSSR count). The maximum atomic E-state index is 9.92. The summed E-state index contributed by atoms with van der Waals surface area (Å²) in [7, 11) is 3.16. The topological polar surface area (TPSA) is 80.1 Å². The molecule has 148 valence electrons. The number of nitriles is 1. The number of benzene rings is 2. The molecule has 0 amide bonds. The van der Waals surface area contributed by atoms with Gasteiger partial charge in [-0.15, -0.1) is 0 Å². The van der Waals surface area contributed by atoms with Crippen LogP contribution >= 0.6 is 11.8 Å². The Labute approximate surface area is 174 Å². The van der Waals surface area contributed by atoms with Crippen molar-refractivity contribution in [3.8, 4) is 28.8 Å². The maximum Gasteiger partial charge on any atom is 0.189 e. The van der Waals surface area contributed by atoms with E-state index in [2.05, 4.69) is 21.4 Å². The number of nitrogens with one attached hydrogen (secondary N) is 1. The lowest BCUT2D eigenvalue weighted by atomic mass is 10.1. The first-order valence-electron chi connectivity index (χ1n) is 8.93. The van der Waals surface area contributed by atoms with Crippen LogP contribution < -0.4 is 14.8 Å². The summed E-state index contributed by atoms with van der Waals surface area (Å²) in [5.74, 6) is 1.66. The third-order valence-electron chi connectivity index (χ3n) is 4.49. The molecule has 3 aromatic rings. The standard InChI is InChI=1S/C22H22N4O2S/c1-13-6-7-14(2)17(10-13)24-21-16(12-23)20(25-22(26-21)29-5)15-8-9-18(27-3)19(11-15)28-4/h6-11H,1-5H3,(H,24,25,26). The Hall–Kier alpha value is -3.24. The van der Waals surface area contributed by atoms with Gasteiger partial charge in [-0.1, -0.05) is 23.9 Å². The Kier molecular flexibility index (Phi) is 6.25. The first-order valence-corrected chi connectivity index (χ1v) is 10.2. The summed E-state index contributed by atoms with van der Waals surface area (Å²) in [5.41, 5.74) is 4.76. The van der Waals surface area contributed by atoms with Crippen LogP contribution in [0.3, 0.4) is 0 Å². The summed E-state index contributed by atoms with van der Waals surface area (Å²) in [5, 5.41) is 13.8. The van der Waals surface area contributed by atoms with Crippen LogP contribution in [0.1, 0.15) is 16.7 Å². The predicted octanol–water partition coefficient (Wildman–Crippen LogP) is 5.11. The number of hydrogen-bond donors (Lipinski definition) is 1. The van der Waals surface area contributed by atoms with Crippen molar-refractivity contribution in [2.24, 2.45) is 0 Å². The molecule has 29 heavy (non-hydrogen) atoms. The third kappa shape index (κ3) is 4.28. The van der Waals surface area contributed by atoms with E-state index < -0.39 is 0 Å². The fourth-order valence-electron chi connectivity index (χ4n) is 2.92. The molecular weight excluding hydrogens is 384 g/mol. The summed E-state index contributed by atoms with van der Waals surface area (Å²) in [6, 6.07) is 13.9. The van der Waals surface area contributed by atoms with Crippen LogP contribution in [0.25, 0.3) is 11.3 Å². The summed E-state index contributed by atoms with van der Waals surface area (Å²) >= 11 is 1.42. The lowest BCUT2D eigenvalue weighted by Crippen LogP contribution is -2.04. The molecule has 0 saturated heterocycles. The molecule has 0 aliphatic heterocycles. The number of aryl methyl sites for hydroxylation is 2. The number of anilines is 2. The van der Waals surface area contributed by atoms with Crippen molar-refractivity contribution in [2.75, 3.05) is 25.8 Å². The number of rotatable bonds is 6. The van der Waals surface area contributed by atoms with Crippen LogP contribution in [0.2, 0.25) is 0 Å². The summed E-state index contributed by atoms with van der Waals surface area (Å²) < 4.78 is 10.7. The Morgan fingerprint density at radius 2 is 1.76 bits per heavy atom. The van der Waals surface area contributed by atoms with Gasteiger partial charge in [-0.25, -0.2) is 9.97 Å². The largest absolute Gasteiger partial charge is 0.493 e. The van der Waals surface area contributed by atoms with Crippen LogP contribution in [-0.2, 0) is 0 Å². The second-order valence-electron chi connectivity index (χ2n) is 6.41. The highest BCUT2D eigenvalue weighted by Crippen LogP contribution is 2.35. The van der Waals surface area contributed by atoms with Crippen molar-refractivity contribution in [1.29, 1.82) is 5.26 Å². The molecule has 0 bridgehead atoms. The zero-order valence-electron chi connectivity index (χ0n) is 17.0. The van der Waals surface area contributed by atoms with Gasteiger partial charge in [0.15, 0.2) is 22.5 Å². The van der Waals surface area contributed by atoms with E-state index in [-0.39, 0.29) is 0 Å². The Morgan fingerprint density at radius 1 is 1.00 bits per heavy atom. The van der Waals surface area contributed by atoms with E-state index in [1.807, 2.05) is 50.4 Å². The molecule has 0 fully saturated rings. The highest BCUT2D eigenvalue weighted by molar-refractivity contribution is 7.98. The molecule has 2 aromatic carbocycles. The summed E-state index contributed by atoms with van der Waals surface area (Å²) in [6.07, 6.45) is 1.90. The second-order valence-corrected chi connectivity index (χ2v) is 7.18. The number of methoxy groups -OCH3 is 2. The summed E-state index contributed by atoms with van der Waals surface area (Å²) in [4.78, 5) is 9.15. The molecule has 1 N–H and O–H groups in total. The second kappa shape index (κ2) is 8.84. The maximum absolute atomic E-state index is 9.92. The average molecular weight is 407 g/mol. The molecule has 0 unspecified atom stereocenters. The highest BCUT2D eigenvalue weighted by Gasteiger charge is 2.18. The van der Waals surface area contributed by atoms with E-state index >= 15 is 0 Å². The van der Waals surface area contributed by atoms with Crippen molar-refractivity contribution in [2.45, 2.75) is 19.0 Å². The van der Waals surface area contributed by atoms with E-state index in [9.17, 15) is 5.26 Å². The van der Waals surface area contributed by atoms with Gasteiger partial charge >= 0.3 is 0 Å². The number of thioether (sulfide) groups is 1. The molecule has 1 aromatic heterocycles. The van der Waals surface area contributed by atoms with Gasteiger partial charge in [0, 0.05) is 11.3 Å². The van der Waals surface area contributed by atoms with Gasteiger partial charge in [0.1, 0.15) is 11.6 Å². The fraction of sp³-hybridized carbons (Fsp3) is 0.227. The lowest BCUT2D eigenvalue weighted by molar-refractivity contribution is 0.355. The van der Waals surface area contributed by atoms with Crippen LogP contribution in [0.15, 0.2) is 41.6 Å². The van der Waals surface area contributed by atoms with Crippen molar-refractivity contribution < 1.29 is 9.47 Å². The smallest absolute Gasteiger partial charge is 0.189 e. The SMILES string of the molecule is COc1ccc(-c2nc(SC)nc(Nc3cc(C)ccc3C)c2C#N)cc1OC. The first kappa shape index (κ1) is 20.5. The molecule has 1 heterocycles. The number of hydrogen-bond acceptors (Lipinski definition) is 7. The van der Waals surface area contributed by atoms with E-state index in [4.69, 9.17) is 9.47 Å². The van der Waals surface area contributed by atoms with E-state index in [1.165, 1.54) is 11.8 Å². The van der Waals surface area contributed by atoms with Gasteiger partial charge in [-0.3, -0.25) is 0 Å². The Morgan fingerprint density at radius 3 is 2.41 bits per heavy atom. The minimum atomic E-state index is 0.371. The minimum Gasteiger partial charge on any atom is -0.493 e. The van der Waals surface area contributed by atoms with Gasteiger partial charge in [-0.05, 0) is 55.5 Å². The predicted molar refractivity (Wildman–Crippen MR) is 116 cm³/mol.